The molecule has 6 heteroatoms. The van der Waals surface area contributed by atoms with Crippen molar-refractivity contribution < 1.29 is 0 Å². The third kappa shape index (κ3) is 2.74. The molecule has 0 aromatic heterocycles. The van der Waals surface area contributed by atoms with Crippen molar-refractivity contribution in [2.75, 3.05) is 0 Å². The lowest BCUT2D eigenvalue weighted by atomic mass is 9.79. The maximum Gasteiger partial charge on any atom is 0.0464 e. The number of rotatable bonds is 3. The molecule has 1 saturated carbocycles. The van der Waals surface area contributed by atoms with E-state index < -0.39 is 0 Å². The summed E-state index contributed by atoms with van der Waals surface area (Å²) < 4.78 is 0. The number of nitrogens with zero attached hydrogens (tertiary/aromatic N) is 6. The summed E-state index contributed by atoms with van der Waals surface area (Å²) in [7, 11) is 0. The monoisotopic (exact) mass is 242 g/mol. The van der Waals surface area contributed by atoms with Crippen LogP contribution in [0.3, 0.4) is 0 Å². The maximum absolute atomic E-state index is 8.58. The van der Waals surface area contributed by atoms with Crippen LogP contribution in [0.15, 0.2) is 40.6 Å². The van der Waals surface area contributed by atoms with Crippen LogP contribution in [0.25, 0.3) is 20.9 Å². The first-order chi connectivity index (χ1) is 8.85. The number of azide groups is 2. The average molecular weight is 242 g/mol. The van der Waals surface area contributed by atoms with E-state index in [0.29, 0.717) is 5.92 Å². The largest absolute Gasteiger partial charge is 0.0902 e. The van der Waals surface area contributed by atoms with E-state index in [9.17, 15) is 0 Å². The molecule has 1 aromatic rings. The van der Waals surface area contributed by atoms with E-state index in [0.717, 1.165) is 19.3 Å². The molecule has 3 unspecified atom stereocenters. The lowest BCUT2D eigenvalue weighted by Gasteiger charge is -2.31. The molecule has 18 heavy (non-hydrogen) atoms. The molecule has 3 atom stereocenters. The lowest BCUT2D eigenvalue weighted by molar-refractivity contribution is 0.346. The summed E-state index contributed by atoms with van der Waals surface area (Å²) in [6, 6.07) is 9.75. The van der Waals surface area contributed by atoms with Crippen molar-refractivity contribution in [1.29, 1.82) is 0 Å². The second-order valence-corrected chi connectivity index (χ2v) is 4.47. The van der Waals surface area contributed by atoms with Gasteiger partial charge in [0.2, 0.25) is 0 Å². The highest BCUT2D eigenvalue weighted by Gasteiger charge is 2.29. The van der Waals surface area contributed by atoms with Crippen molar-refractivity contribution in [2.24, 2.45) is 10.2 Å². The first-order valence-corrected chi connectivity index (χ1v) is 5.98. The van der Waals surface area contributed by atoms with Crippen LogP contribution in [0.2, 0.25) is 0 Å². The molecule has 0 saturated heterocycles. The van der Waals surface area contributed by atoms with Gasteiger partial charge in [-0.15, -0.1) is 0 Å². The molecule has 0 N–H and O–H groups in total. The van der Waals surface area contributed by atoms with Crippen molar-refractivity contribution >= 4 is 0 Å². The first-order valence-electron chi connectivity index (χ1n) is 5.98. The molecule has 1 aliphatic rings. The molecule has 1 fully saturated rings. The van der Waals surface area contributed by atoms with Crippen molar-refractivity contribution in [3.05, 3.63) is 56.8 Å². The lowest BCUT2D eigenvalue weighted by Crippen LogP contribution is -2.29. The Hall–Kier alpha value is -2.16. The molecule has 1 aliphatic carbocycles. The van der Waals surface area contributed by atoms with Gasteiger partial charge < -0.3 is 0 Å². The number of hydrogen-bond acceptors (Lipinski definition) is 2. The van der Waals surface area contributed by atoms with Crippen LogP contribution in [-0.2, 0) is 0 Å². The molecule has 0 radical (unpaired) electrons. The fourth-order valence-corrected chi connectivity index (χ4v) is 2.55. The second kappa shape index (κ2) is 5.96. The van der Waals surface area contributed by atoms with Gasteiger partial charge in [0.15, 0.2) is 0 Å². The highest BCUT2D eigenvalue weighted by molar-refractivity contribution is 5.21. The summed E-state index contributed by atoms with van der Waals surface area (Å²) in [6.07, 6.45) is 2.48. The van der Waals surface area contributed by atoms with Crippen molar-refractivity contribution in [1.82, 2.24) is 0 Å². The van der Waals surface area contributed by atoms with Gasteiger partial charge in [-0.05, 0) is 41.8 Å². The Balaban J connectivity index is 2.15. The fraction of sp³-hybridized carbons (Fsp3) is 0.500. The van der Waals surface area contributed by atoms with E-state index >= 15 is 0 Å². The molecular formula is C12H14N6. The van der Waals surface area contributed by atoms with Gasteiger partial charge >= 0.3 is 0 Å². The fourth-order valence-electron chi connectivity index (χ4n) is 2.55. The van der Waals surface area contributed by atoms with Crippen LogP contribution in [0.5, 0.6) is 0 Å². The van der Waals surface area contributed by atoms with Gasteiger partial charge in [-0.2, -0.15) is 0 Å². The Morgan fingerprint density at radius 2 is 1.61 bits per heavy atom. The third-order valence-corrected chi connectivity index (χ3v) is 3.45. The summed E-state index contributed by atoms with van der Waals surface area (Å²) in [5.41, 5.74) is 18.4. The van der Waals surface area contributed by atoms with E-state index in [1.165, 1.54) is 5.56 Å². The molecule has 0 aliphatic heterocycles. The van der Waals surface area contributed by atoms with Crippen LogP contribution in [0.4, 0.5) is 0 Å². The predicted molar refractivity (Wildman–Crippen MR) is 68.9 cm³/mol. The van der Waals surface area contributed by atoms with Gasteiger partial charge in [-0.1, -0.05) is 40.6 Å². The van der Waals surface area contributed by atoms with Crippen molar-refractivity contribution in [2.45, 2.75) is 37.3 Å². The zero-order valence-corrected chi connectivity index (χ0v) is 9.92. The van der Waals surface area contributed by atoms with Gasteiger partial charge in [0.1, 0.15) is 0 Å². The minimum atomic E-state index is -0.232. The second-order valence-electron chi connectivity index (χ2n) is 4.47. The van der Waals surface area contributed by atoms with Crippen LogP contribution in [0.1, 0.15) is 30.7 Å². The Bertz CT molecular complexity index is 487. The van der Waals surface area contributed by atoms with E-state index in [1.807, 2.05) is 18.2 Å². The SMILES string of the molecule is [N-]=[N+]=NC1CCC(c2ccccc2)CC1N=[N+]=[N-]. The van der Waals surface area contributed by atoms with Crippen LogP contribution >= 0.6 is 0 Å². The summed E-state index contributed by atoms with van der Waals surface area (Å²) in [5.74, 6) is 0.381. The van der Waals surface area contributed by atoms with Crippen molar-refractivity contribution in [3.8, 4) is 0 Å². The summed E-state index contributed by atoms with van der Waals surface area (Å²) in [6.45, 7) is 0. The molecule has 92 valence electrons. The molecule has 0 amide bonds. The maximum atomic E-state index is 8.58. The molecule has 0 bridgehead atoms. The van der Waals surface area contributed by atoms with Crippen LogP contribution in [0, 0.1) is 0 Å². The molecule has 0 heterocycles. The number of hydrogen-bond donors (Lipinski definition) is 0. The summed E-state index contributed by atoms with van der Waals surface area (Å²) in [5, 5.41) is 7.50. The Kier molecular flexibility index (Phi) is 4.07. The van der Waals surface area contributed by atoms with Crippen LogP contribution < -0.4 is 0 Å². The quantitative estimate of drug-likeness (QED) is 0.428. The highest BCUT2D eigenvalue weighted by Crippen LogP contribution is 2.35. The van der Waals surface area contributed by atoms with Gasteiger partial charge in [0, 0.05) is 21.9 Å². The highest BCUT2D eigenvalue weighted by atomic mass is 15.2. The molecular weight excluding hydrogens is 228 g/mol. The predicted octanol–water partition coefficient (Wildman–Crippen LogP) is 4.31. The molecule has 1 aromatic carbocycles. The van der Waals surface area contributed by atoms with Gasteiger partial charge in [0.25, 0.3) is 0 Å². The summed E-state index contributed by atoms with van der Waals surface area (Å²) in [4.78, 5) is 5.69. The van der Waals surface area contributed by atoms with Gasteiger partial charge in [-0.3, -0.25) is 0 Å². The minimum absolute atomic E-state index is 0.203. The first kappa shape index (κ1) is 12.3. The third-order valence-electron chi connectivity index (χ3n) is 3.45. The zero-order valence-electron chi connectivity index (χ0n) is 9.92. The van der Waals surface area contributed by atoms with E-state index in [2.05, 4.69) is 32.2 Å². The average Bonchev–Trinajstić information content (AvgIpc) is 2.42. The van der Waals surface area contributed by atoms with E-state index in [-0.39, 0.29) is 12.1 Å². The standard InChI is InChI=1S/C12H14N6/c13-17-15-11-7-6-10(8-12(11)16-18-14)9-4-2-1-3-5-9/h1-5,10-12H,6-8H2. The Morgan fingerprint density at radius 3 is 2.28 bits per heavy atom. The number of benzene rings is 1. The summed E-state index contributed by atoms with van der Waals surface area (Å²) >= 11 is 0. The smallest absolute Gasteiger partial charge is 0.0464 e. The molecule has 2 rings (SSSR count). The van der Waals surface area contributed by atoms with Gasteiger partial charge in [-0.25, -0.2) is 0 Å². The zero-order chi connectivity index (χ0) is 12.8. The topological polar surface area (TPSA) is 97.5 Å². The molecule has 6 nitrogen and oxygen atoms in total. The van der Waals surface area contributed by atoms with Gasteiger partial charge in [0.05, 0.1) is 0 Å². The normalized spacial score (nSPS) is 26.8. The minimum Gasteiger partial charge on any atom is -0.0902 e. The molecule has 0 spiro atoms. The van der Waals surface area contributed by atoms with E-state index in [1.54, 1.807) is 0 Å². The van der Waals surface area contributed by atoms with E-state index in [4.69, 9.17) is 11.1 Å². The Labute approximate surface area is 105 Å². The Morgan fingerprint density at radius 1 is 0.944 bits per heavy atom. The van der Waals surface area contributed by atoms with Crippen molar-refractivity contribution in [3.63, 3.8) is 0 Å². The van der Waals surface area contributed by atoms with Crippen LogP contribution in [-0.4, -0.2) is 12.1 Å².